The summed E-state index contributed by atoms with van der Waals surface area (Å²) in [6, 6.07) is 15.8. The molecule has 0 amide bonds. The van der Waals surface area contributed by atoms with Crippen molar-refractivity contribution < 1.29 is 26.0 Å². The number of benzene rings is 3. The van der Waals surface area contributed by atoms with E-state index in [2.05, 4.69) is 0 Å². The molecule has 0 atom stereocenters. The van der Waals surface area contributed by atoms with Crippen molar-refractivity contribution in [1.29, 1.82) is 0 Å². The van der Waals surface area contributed by atoms with Crippen molar-refractivity contribution in [3.63, 3.8) is 0 Å². The van der Waals surface area contributed by atoms with Gasteiger partial charge in [-0.1, -0.05) is 30.3 Å². The fraction of sp³-hybridized carbons (Fsp3) is 0.238. The van der Waals surface area contributed by atoms with Crippen molar-refractivity contribution in [3.05, 3.63) is 66.5 Å². The second-order valence-electron chi connectivity index (χ2n) is 7.11. The Balaban J connectivity index is 1.52. The number of nitrogens with zero attached hydrogens (tertiary/aromatic N) is 2. The lowest BCUT2D eigenvalue weighted by Gasteiger charge is -2.33. The Hall–Kier alpha value is -2.53. The number of fused-ring (bicyclic) bond motifs is 1. The van der Waals surface area contributed by atoms with Crippen molar-refractivity contribution in [2.24, 2.45) is 0 Å². The van der Waals surface area contributed by atoms with Crippen LogP contribution in [0.1, 0.15) is 0 Å². The van der Waals surface area contributed by atoms with Gasteiger partial charge in [-0.2, -0.15) is 8.61 Å². The molecule has 1 fully saturated rings. The molecular weight excluding hydrogens is 443 g/mol. The van der Waals surface area contributed by atoms with Crippen LogP contribution in [0.3, 0.4) is 0 Å². The van der Waals surface area contributed by atoms with Crippen LogP contribution in [0.25, 0.3) is 10.8 Å². The lowest BCUT2D eigenvalue weighted by atomic mass is 10.1. The monoisotopic (exact) mass is 464 g/mol. The highest BCUT2D eigenvalue weighted by Gasteiger charge is 2.34. The highest BCUT2D eigenvalue weighted by atomic mass is 32.2. The first-order chi connectivity index (χ1) is 14.7. The standard InChI is InChI=1S/C21H21FN2O5S2/c1-29-21-9-8-19(15-20(21)22)31(27,28)24-12-10-23(11-13-24)30(25,26)18-7-6-16-4-2-3-5-17(16)14-18/h2-9,14-15H,10-13H2,1H3. The highest BCUT2D eigenvalue weighted by Crippen LogP contribution is 2.26. The molecule has 1 aliphatic rings. The molecule has 3 aromatic rings. The lowest BCUT2D eigenvalue weighted by molar-refractivity contribution is 0.272. The van der Waals surface area contributed by atoms with E-state index in [4.69, 9.17) is 4.74 Å². The predicted molar refractivity (Wildman–Crippen MR) is 114 cm³/mol. The van der Waals surface area contributed by atoms with Crippen LogP contribution in [0.4, 0.5) is 4.39 Å². The van der Waals surface area contributed by atoms with Gasteiger partial charge in [0.15, 0.2) is 11.6 Å². The summed E-state index contributed by atoms with van der Waals surface area (Å²) >= 11 is 0. The van der Waals surface area contributed by atoms with Gasteiger partial charge in [0.25, 0.3) is 0 Å². The maximum atomic E-state index is 14.0. The number of ether oxygens (including phenoxy) is 1. The van der Waals surface area contributed by atoms with Crippen LogP contribution in [0.5, 0.6) is 5.75 Å². The molecule has 0 unspecified atom stereocenters. The molecule has 1 saturated heterocycles. The highest BCUT2D eigenvalue weighted by molar-refractivity contribution is 7.89. The van der Waals surface area contributed by atoms with Crippen LogP contribution >= 0.6 is 0 Å². The van der Waals surface area contributed by atoms with Crippen LogP contribution in [0, 0.1) is 5.82 Å². The summed E-state index contributed by atoms with van der Waals surface area (Å²) in [6.07, 6.45) is 0. The molecule has 1 heterocycles. The molecule has 0 spiro atoms. The quantitative estimate of drug-likeness (QED) is 0.580. The molecular formula is C21H21FN2O5S2. The smallest absolute Gasteiger partial charge is 0.243 e. The molecule has 0 bridgehead atoms. The molecule has 3 aromatic carbocycles. The molecule has 4 rings (SSSR count). The van der Waals surface area contributed by atoms with Gasteiger partial charge in [-0.25, -0.2) is 21.2 Å². The predicted octanol–water partition coefficient (Wildman–Crippen LogP) is 2.68. The second-order valence-corrected chi connectivity index (χ2v) is 11.0. The van der Waals surface area contributed by atoms with Gasteiger partial charge in [-0.05, 0) is 41.1 Å². The minimum absolute atomic E-state index is 0.00697. The molecule has 0 radical (unpaired) electrons. The van der Waals surface area contributed by atoms with Gasteiger partial charge >= 0.3 is 0 Å². The first kappa shape index (κ1) is 21.7. The summed E-state index contributed by atoms with van der Waals surface area (Å²) in [5, 5.41) is 1.75. The van der Waals surface area contributed by atoms with Gasteiger partial charge in [0.05, 0.1) is 16.9 Å². The number of hydrogen-bond donors (Lipinski definition) is 0. The van der Waals surface area contributed by atoms with Gasteiger partial charge < -0.3 is 4.74 Å². The Morgan fingerprint density at radius 1 is 0.742 bits per heavy atom. The fourth-order valence-electron chi connectivity index (χ4n) is 3.58. The SMILES string of the molecule is COc1ccc(S(=O)(=O)N2CCN(S(=O)(=O)c3ccc4ccccc4c3)CC2)cc1F. The number of hydrogen-bond acceptors (Lipinski definition) is 5. The Bertz CT molecular complexity index is 1330. The lowest BCUT2D eigenvalue weighted by Crippen LogP contribution is -2.50. The maximum absolute atomic E-state index is 14.0. The summed E-state index contributed by atoms with van der Waals surface area (Å²) in [7, 11) is -6.43. The van der Waals surface area contributed by atoms with Gasteiger partial charge in [0.2, 0.25) is 20.0 Å². The molecule has 0 aliphatic carbocycles. The van der Waals surface area contributed by atoms with Crippen molar-refractivity contribution in [1.82, 2.24) is 8.61 Å². The van der Waals surface area contributed by atoms with E-state index in [1.165, 1.54) is 27.9 Å². The molecule has 0 aromatic heterocycles. The summed E-state index contributed by atoms with van der Waals surface area (Å²) in [5.74, 6) is -0.827. The Labute approximate surface area is 180 Å². The summed E-state index contributed by atoms with van der Waals surface area (Å²) < 4.78 is 73.1. The van der Waals surface area contributed by atoms with E-state index in [9.17, 15) is 21.2 Å². The van der Waals surface area contributed by atoms with E-state index in [1.54, 1.807) is 18.2 Å². The molecule has 10 heteroatoms. The summed E-state index contributed by atoms with van der Waals surface area (Å²) in [5.41, 5.74) is 0. The van der Waals surface area contributed by atoms with Gasteiger partial charge in [-0.3, -0.25) is 0 Å². The van der Waals surface area contributed by atoms with E-state index >= 15 is 0 Å². The third-order valence-corrected chi connectivity index (χ3v) is 9.11. The minimum Gasteiger partial charge on any atom is -0.494 e. The minimum atomic E-state index is -3.96. The first-order valence-electron chi connectivity index (χ1n) is 9.56. The van der Waals surface area contributed by atoms with Crippen LogP contribution < -0.4 is 4.74 Å². The fourth-order valence-corrected chi connectivity index (χ4v) is 6.48. The maximum Gasteiger partial charge on any atom is 0.243 e. The third kappa shape index (κ3) is 4.03. The van der Waals surface area contributed by atoms with Crippen molar-refractivity contribution >= 4 is 30.8 Å². The zero-order chi connectivity index (χ0) is 22.2. The molecule has 0 saturated carbocycles. The number of sulfonamides is 2. The average molecular weight is 465 g/mol. The zero-order valence-corrected chi connectivity index (χ0v) is 18.4. The molecule has 7 nitrogen and oxygen atoms in total. The number of halogens is 1. The molecule has 31 heavy (non-hydrogen) atoms. The molecule has 1 aliphatic heterocycles. The zero-order valence-electron chi connectivity index (χ0n) is 16.7. The van der Waals surface area contributed by atoms with E-state index in [0.29, 0.717) is 0 Å². The summed E-state index contributed by atoms with van der Waals surface area (Å²) in [4.78, 5) is -0.0311. The topological polar surface area (TPSA) is 84.0 Å². The Kier molecular flexibility index (Phi) is 5.73. The number of methoxy groups -OCH3 is 1. The number of piperazine rings is 1. The van der Waals surface area contributed by atoms with Crippen LogP contribution in [-0.2, 0) is 20.0 Å². The van der Waals surface area contributed by atoms with Crippen molar-refractivity contribution in [2.75, 3.05) is 33.3 Å². The van der Waals surface area contributed by atoms with Crippen molar-refractivity contribution in [2.45, 2.75) is 9.79 Å². The molecule has 164 valence electrons. The average Bonchev–Trinajstić information content (AvgIpc) is 2.78. The Morgan fingerprint density at radius 3 is 1.81 bits per heavy atom. The largest absolute Gasteiger partial charge is 0.494 e. The van der Waals surface area contributed by atoms with Gasteiger partial charge in [0, 0.05) is 26.2 Å². The van der Waals surface area contributed by atoms with Gasteiger partial charge in [-0.15, -0.1) is 0 Å². The number of rotatable bonds is 5. The van der Waals surface area contributed by atoms with Crippen LogP contribution in [0.2, 0.25) is 0 Å². The van der Waals surface area contributed by atoms with Crippen LogP contribution in [0.15, 0.2) is 70.5 Å². The van der Waals surface area contributed by atoms with E-state index < -0.39 is 25.9 Å². The first-order valence-corrected chi connectivity index (χ1v) is 12.4. The van der Waals surface area contributed by atoms with E-state index in [-0.39, 0.29) is 41.7 Å². The third-order valence-electron chi connectivity index (χ3n) is 5.32. The van der Waals surface area contributed by atoms with E-state index in [1.807, 2.05) is 24.3 Å². The normalized spacial score (nSPS) is 16.5. The summed E-state index contributed by atoms with van der Waals surface area (Å²) in [6.45, 7) is -0.0361. The molecule has 0 N–H and O–H groups in total. The van der Waals surface area contributed by atoms with Gasteiger partial charge in [0.1, 0.15) is 0 Å². The van der Waals surface area contributed by atoms with Crippen molar-refractivity contribution in [3.8, 4) is 5.75 Å². The second kappa shape index (κ2) is 8.19. The Morgan fingerprint density at radius 2 is 1.26 bits per heavy atom. The van der Waals surface area contributed by atoms with E-state index in [0.717, 1.165) is 16.8 Å². The van der Waals surface area contributed by atoms with Crippen LogP contribution in [-0.4, -0.2) is 58.7 Å².